The van der Waals surface area contributed by atoms with Gasteiger partial charge in [0.25, 0.3) is 5.91 Å². The fourth-order valence-corrected chi connectivity index (χ4v) is 5.90. The van der Waals surface area contributed by atoms with E-state index < -0.39 is 0 Å². The van der Waals surface area contributed by atoms with Gasteiger partial charge in [0.2, 0.25) is 0 Å². The lowest BCUT2D eigenvalue weighted by Crippen LogP contribution is -2.45. The molecule has 0 bridgehead atoms. The molecular formula is C20H26N4O2S. The Balaban J connectivity index is 1.33. The number of aromatic nitrogens is 2. The molecule has 0 atom stereocenters. The van der Waals surface area contributed by atoms with E-state index in [9.17, 15) is 4.79 Å². The van der Waals surface area contributed by atoms with Gasteiger partial charge in [-0.05, 0) is 43.4 Å². The smallest absolute Gasteiger partial charge is 0.263 e. The summed E-state index contributed by atoms with van der Waals surface area (Å²) in [6.45, 7) is 5.50. The largest absolute Gasteiger partial charge is 0.370 e. The molecule has 1 spiro atoms. The van der Waals surface area contributed by atoms with E-state index in [1.165, 1.54) is 10.4 Å². The zero-order valence-electron chi connectivity index (χ0n) is 15.6. The lowest BCUT2D eigenvalue weighted by atomic mass is 9.82. The van der Waals surface area contributed by atoms with Crippen molar-refractivity contribution in [2.75, 3.05) is 32.8 Å². The predicted octanol–water partition coefficient (Wildman–Crippen LogP) is 2.77. The number of nitrogens with one attached hydrogen (secondary N) is 1. The molecule has 0 radical (unpaired) electrons. The normalized spacial score (nSPS) is 22.3. The zero-order valence-corrected chi connectivity index (χ0v) is 16.4. The lowest BCUT2D eigenvalue weighted by Gasteiger charge is -2.44. The topological polar surface area (TPSA) is 61.5 Å². The summed E-state index contributed by atoms with van der Waals surface area (Å²) < 4.78 is 6.37. The first-order valence-electron chi connectivity index (χ1n) is 10.0. The predicted molar refractivity (Wildman–Crippen MR) is 104 cm³/mol. The number of rotatable bonds is 3. The molecule has 2 saturated heterocycles. The number of carbonyl (C=O) groups excluding carboxylic acids is 1. The van der Waals surface area contributed by atoms with Gasteiger partial charge < -0.3 is 9.64 Å². The Morgan fingerprint density at radius 3 is 2.81 bits per heavy atom. The number of aromatic amines is 1. The van der Waals surface area contributed by atoms with Crippen LogP contribution < -0.4 is 0 Å². The SMILES string of the molecule is O=C(c1cc2c(s1)CCOC21CCN(Cc2ccn[nH]2)CC1)N1CCCC1. The van der Waals surface area contributed by atoms with Gasteiger partial charge in [-0.1, -0.05) is 0 Å². The highest BCUT2D eigenvalue weighted by molar-refractivity contribution is 7.14. The highest BCUT2D eigenvalue weighted by Crippen LogP contribution is 2.45. The van der Waals surface area contributed by atoms with Crippen LogP contribution in [0.4, 0.5) is 0 Å². The van der Waals surface area contributed by atoms with Crippen LogP contribution in [-0.4, -0.2) is 58.7 Å². The second-order valence-electron chi connectivity index (χ2n) is 7.90. The first-order valence-corrected chi connectivity index (χ1v) is 10.8. The molecular weight excluding hydrogens is 360 g/mol. The van der Waals surface area contributed by atoms with Gasteiger partial charge in [0.15, 0.2) is 0 Å². The molecule has 0 aliphatic carbocycles. The van der Waals surface area contributed by atoms with Crippen LogP contribution in [0.3, 0.4) is 0 Å². The summed E-state index contributed by atoms with van der Waals surface area (Å²) in [7, 11) is 0. The molecule has 0 unspecified atom stereocenters. The number of ether oxygens (including phenoxy) is 1. The van der Waals surface area contributed by atoms with Crippen LogP contribution in [0.2, 0.25) is 0 Å². The van der Waals surface area contributed by atoms with E-state index in [4.69, 9.17) is 4.74 Å². The molecule has 6 nitrogen and oxygen atoms in total. The third-order valence-corrected chi connectivity index (χ3v) is 7.41. The number of hydrogen-bond donors (Lipinski definition) is 1. The quantitative estimate of drug-likeness (QED) is 0.881. The van der Waals surface area contributed by atoms with Crippen LogP contribution in [-0.2, 0) is 23.3 Å². The fraction of sp³-hybridized carbons (Fsp3) is 0.600. The number of likely N-dealkylation sites (tertiary alicyclic amines) is 2. The standard InChI is InChI=1S/C20H26N4O2S/c25-19(24-8-1-2-9-24)18-13-16-17(27-18)4-12-26-20(16)5-10-23(11-6-20)14-15-3-7-21-22-15/h3,7,13H,1-2,4-6,8-12,14H2,(H,21,22). The Kier molecular flexibility index (Phi) is 4.53. The number of carbonyl (C=O) groups is 1. The number of amides is 1. The van der Waals surface area contributed by atoms with Crippen LogP contribution >= 0.6 is 11.3 Å². The van der Waals surface area contributed by atoms with Crippen LogP contribution in [0.1, 0.15) is 51.5 Å². The lowest BCUT2D eigenvalue weighted by molar-refractivity contribution is -0.0982. The van der Waals surface area contributed by atoms with Crippen molar-refractivity contribution in [2.45, 2.75) is 44.2 Å². The second-order valence-corrected chi connectivity index (χ2v) is 9.03. The average Bonchev–Trinajstić information content (AvgIpc) is 3.45. The molecule has 0 saturated carbocycles. The molecule has 1 N–H and O–H groups in total. The maximum absolute atomic E-state index is 12.8. The molecule has 5 heterocycles. The summed E-state index contributed by atoms with van der Waals surface area (Å²) in [5.74, 6) is 0.221. The van der Waals surface area contributed by atoms with E-state index in [1.807, 2.05) is 17.2 Å². The van der Waals surface area contributed by atoms with Gasteiger partial charge in [0, 0.05) is 55.9 Å². The molecule has 2 aromatic rings. The Morgan fingerprint density at radius 1 is 1.26 bits per heavy atom. The van der Waals surface area contributed by atoms with Crippen molar-refractivity contribution in [1.82, 2.24) is 20.0 Å². The van der Waals surface area contributed by atoms with Crippen molar-refractivity contribution in [2.24, 2.45) is 0 Å². The van der Waals surface area contributed by atoms with Gasteiger partial charge >= 0.3 is 0 Å². The van der Waals surface area contributed by atoms with E-state index >= 15 is 0 Å². The summed E-state index contributed by atoms with van der Waals surface area (Å²) in [5, 5.41) is 7.09. The molecule has 2 fully saturated rings. The monoisotopic (exact) mass is 386 g/mol. The van der Waals surface area contributed by atoms with E-state index in [0.717, 1.165) is 82.0 Å². The highest BCUT2D eigenvalue weighted by atomic mass is 32.1. The summed E-state index contributed by atoms with van der Waals surface area (Å²) >= 11 is 1.70. The van der Waals surface area contributed by atoms with Crippen molar-refractivity contribution >= 4 is 17.2 Å². The summed E-state index contributed by atoms with van der Waals surface area (Å²) in [6.07, 6.45) is 6.99. The van der Waals surface area contributed by atoms with Crippen molar-refractivity contribution in [3.05, 3.63) is 39.3 Å². The third-order valence-electron chi connectivity index (χ3n) is 6.23. The number of fused-ring (bicyclic) bond motifs is 2. The average molecular weight is 387 g/mol. The molecule has 2 aromatic heterocycles. The summed E-state index contributed by atoms with van der Waals surface area (Å²) in [4.78, 5) is 19.6. The maximum Gasteiger partial charge on any atom is 0.263 e. The minimum absolute atomic E-state index is 0.196. The fourth-order valence-electron chi connectivity index (χ4n) is 4.70. The Bertz CT molecular complexity index is 802. The van der Waals surface area contributed by atoms with Gasteiger partial charge in [0.05, 0.1) is 17.1 Å². The van der Waals surface area contributed by atoms with Gasteiger partial charge in [0.1, 0.15) is 0 Å². The van der Waals surface area contributed by atoms with Crippen LogP contribution in [0.25, 0.3) is 0 Å². The van der Waals surface area contributed by atoms with Gasteiger partial charge in [-0.15, -0.1) is 11.3 Å². The number of hydrogen-bond acceptors (Lipinski definition) is 5. The molecule has 5 rings (SSSR count). The molecule has 0 aromatic carbocycles. The van der Waals surface area contributed by atoms with E-state index in [-0.39, 0.29) is 11.5 Å². The highest BCUT2D eigenvalue weighted by Gasteiger charge is 2.42. The molecule has 3 aliphatic heterocycles. The zero-order chi connectivity index (χ0) is 18.3. The Hall–Kier alpha value is -1.70. The first-order chi connectivity index (χ1) is 13.2. The number of thiophene rings is 1. The summed E-state index contributed by atoms with van der Waals surface area (Å²) in [6, 6.07) is 4.19. The Labute approximate surface area is 163 Å². The second kappa shape index (κ2) is 7.04. The van der Waals surface area contributed by atoms with Crippen molar-refractivity contribution in [1.29, 1.82) is 0 Å². The molecule has 3 aliphatic rings. The minimum atomic E-state index is -0.196. The van der Waals surface area contributed by atoms with E-state index in [1.54, 1.807) is 11.3 Å². The third kappa shape index (κ3) is 3.22. The van der Waals surface area contributed by atoms with Crippen molar-refractivity contribution in [3.63, 3.8) is 0 Å². The van der Waals surface area contributed by atoms with E-state index in [2.05, 4.69) is 21.2 Å². The van der Waals surface area contributed by atoms with Gasteiger partial charge in [-0.3, -0.25) is 14.8 Å². The maximum atomic E-state index is 12.8. The molecule has 1 amide bonds. The van der Waals surface area contributed by atoms with E-state index in [0.29, 0.717) is 0 Å². The first kappa shape index (κ1) is 17.4. The number of H-pyrrole nitrogens is 1. The van der Waals surface area contributed by atoms with Crippen LogP contribution in [0.5, 0.6) is 0 Å². The van der Waals surface area contributed by atoms with Crippen molar-refractivity contribution < 1.29 is 9.53 Å². The number of nitrogens with zero attached hydrogens (tertiary/aromatic N) is 3. The Morgan fingerprint density at radius 2 is 2.07 bits per heavy atom. The summed E-state index contributed by atoms with van der Waals surface area (Å²) in [5.41, 5.74) is 2.26. The minimum Gasteiger partial charge on any atom is -0.370 e. The van der Waals surface area contributed by atoms with Gasteiger partial charge in [-0.2, -0.15) is 5.10 Å². The molecule has 7 heteroatoms. The van der Waals surface area contributed by atoms with Crippen LogP contribution in [0, 0.1) is 0 Å². The molecule has 27 heavy (non-hydrogen) atoms. The molecule has 144 valence electrons. The van der Waals surface area contributed by atoms with Crippen LogP contribution in [0.15, 0.2) is 18.3 Å². The number of piperidine rings is 1. The van der Waals surface area contributed by atoms with Crippen molar-refractivity contribution in [3.8, 4) is 0 Å². The van der Waals surface area contributed by atoms with Gasteiger partial charge in [-0.25, -0.2) is 0 Å².